The zero-order valence-corrected chi connectivity index (χ0v) is 12.1. The highest BCUT2D eigenvalue weighted by atomic mass is 16.3. The van der Waals surface area contributed by atoms with Gasteiger partial charge in [-0.15, -0.1) is 0 Å². The lowest BCUT2D eigenvalue weighted by Crippen LogP contribution is -2.29. The first-order valence-electron chi connectivity index (χ1n) is 6.68. The number of nitrogens with zero attached hydrogens (tertiary/aromatic N) is 1. The summed E-state index contributed by atoms with van der Waals surface area (Å²) in [6.45, 7) is 1.74. The van der Waals surface area contributed by atoms with Crippen LogP contribution in [0.1, 0.15) is 28.6 Å². The summed E-state index contributed by atoms with van der Waals surface area (Å²) in [5, 5.41) is 14.6. The van der Waals surface area contributed by atoms with Crippen LogP contribution in [0, 0.1) is 11.3 Å². The summed E-state index contributed by atoms with van der Waals surface area (Å²) in [5.74, 6) is 0.313. The van der Waals surface area contributed by atoms with Gasteiger partial charge in [0.25, 0.3) is 0 Å². The fourth-order valence-electron chi connectivity index (χ4n) is 1.84. The molecule has 0 saturated heterocycles. The van der Waals surface area contributed by atoms with E-state index >= 15 is 0 Å². The van der Waals surface area contributed by atoms with Gasteiger partial charge < -0.3 is 15.1 Å². The van der Waals surface area contributed by atoms with Crippen LogP contribution in [0.3, 0.4) is 0 Å². The van der Waals surface area contributed by atoms with Crippen LogP contribution in [-0.4, -0.2) is 18.2 Å². The molecule has 1 aromatic heterocycles. The molecule has 1 amide bonds. The third kappa shape index (κ3) is 3.96. The lowest BCUT2D eigenvalue weighted by molar-refractivity contribution is -0.119. The molecular formula is C16H15N3O3. The monoisotopic (exact) mass is 297 g/mol. The smallest absolute Gasteiger partial charge is 0.239 e. The molecule has 112 valence electrons. The summed E-state index contributed by atoms with van der Waals surface area (Å²) in [7, 11) is 0. The molecule has 22 heavy (non-hydrogen) atoms. The van der Waals surface area contributed by atoms with Crippen molar-refractivity contribution in [2.75, 3.05) is 11.9 Å². The maximum atomic E-state index is 11.8. The van der Waals surface area contributed by atoms with E-state index in [-0.39, 0.29) is 18.2 Å². The first-order chi connectivity index (χ1) is 10.6. The van der Waals surface area contributed by atoms with Crippen molar-refractivity contribution in [1.29, 1.82) is 5.26 Å². The lowest BCUT2D eigenvalue weighted by atomic mass is 10.1. The Morgan fingerprint density at radius 1 is 1.32 bits per heavy atom. The van der Waals surface area contributed by atoms with Crippen LogP contribution in [0.4, 0.5) is 5.69 Å². The first-order valence-corrected chi connectivity index (χ1v) is 6.68. The number of furan rings is 1. The molecule has 0 aliphatic carbocycles. The van der Waals surface area contributed by atoms with Gasteiger partial charge in [-0.05, 0) is 37.3 Å². The number of carbonyl (C=O) groups is 2. The standard InChI is InChI=1S/C16H15N3O3/c1-11(20)12-4-5-13(8-17)15(7-12)18-10-16(21)19-9-14-3-2-6-22-14/h2-7,18H,9-10H2,1H3,(H,19,21). The molecule has 0 atom stereocenters. The van der Waals surface area contributed by atoms with E-state index in [2.05, 4.69) is 10.6 Å². The average Bonchev–Trinajstić information content (AvgIpc) is 3.03. The summed E-state index contributed by atoms with van der Waals surface area (Å²) in [6.07, 6.45) is 1.53. The average molecular weight is 297 g/mol. The predicted molar refractivity (Wildman–Crippen MR) is 80.2 cm³/mol. The number of ketones is 1. The molecule has 0 bridgehead atoms. The molecule has 0 fully saturated rings. The van der Waals surface area contributed by atoms with Crippen molar-refractivity contribution in [2.24, 2.45) is 0 Å². The second-order valence-corrected chi connectivity index (χ2v) is 4.64. The minimum Gasteiger partial charge on any atom is -0.467 e. The number of anilines is 1. The topological polar surface area (TPSA) is 95.1 Å². The molecule has 2 aromatic rings. The van der Waals surface area contributed by atoms with E-state index < -0.39 is 0 Å². The number of rotatable bonds is 6. The predicted octanol–water partition coefficient (Wildman–Crippen LogP) is 2.08. The Hall–Kier alpha value is -3.07. The molecule has 0 spiro atoms. The Balaban J connectivity index is 1.95. The van der Waals surface area contributed by atoms with Crippen LogP contribution in [0.15, 0.2) is 41.0 Å². The van der Waals surface area contributed by atoms with E-state index in [4.69, 9.17) is 9.68 Å². The molecule has 6 nitrogen and oxygen atoms in total. The molecule has 0 radical (unpaired) electrons. The van der Waals surface area contributed by atoms with Gasteiger partial charge in [0.2, 0.25) is 5.91 Å². The van der Waals surface area contributed by atoms with Gasteiger partial charge in [0.15, 0.2) is 5.78 Å². The molecule has 6 heteroatoms. The molecule has 0 aliphatic heterocycles. The number of Topliss-reactive ketones (excluding diaryl/α,β-unsaturated/α-hetero) is 1. The lowest BCUT2D eigenvalue weighted by Gasteiger charge is -2.09. The highest BCUT2D eigenvalue weighted by molar-refractivity contribution is 5.95. The zero-order valence-electron chi connectivity index (χ0n) is 12.1. The van der Waals surface area contributed by atoms with Gasteiger partial charge in [-0.2, -0.15) is 5.26 Å². The Labute approximate surface area is 127 Å². The Morgan fingerprint density at radius 2 is 2.14 bits per heavy atom. The van der Waals surface area contributed by atoms with E-state index in [0.717, 1.165) is 0 Å². The fourth-order valence-corrected chi connectivity index (χ4v) is 1.84. The van der Waals surface area contributed by atoms with Gasteiger partial charge in [0.1, 0.15) is 11.8 Å². The highest BCUT2D eigenvalue weighted by Crippen LogP contribution is 2.17. The fraction of sp³-hybridized carbons (Fsp3) is 0.188. The maximum Gasteiger partial charge on any atom is 0.239 e. The van der Waals surface area contributed by atoms with E-state index in [1.807, 2.05) is 6.07 Å². The van der Waals surface area contributed by atoms with Crippen molar-refractivity contribution < 1.29 is 14.0 Å². The van der Waals surface area contributed by atoms with Crippen molar-refractivity contribution in [1.82, 2.24) is 5.32 Å². The third-order valence-corrected chi connectivity index (χ3v) is 3.03. The number of hydrogen-bond donors (Lipinski definition) is 2. The van der Waals surface area contributed by atoms with Crippen LogP contribution in [0.25, 0.3) is 0 Å². The number of nitriles is 1. The van der Waals surface area contributed by atoms with Gasteiger partial charge in [-0.3, -0.25) is 9.59 Å². The molecule has 2 N–H and O–H groups in total. The van der Waals surface area contributed by atoms with Gasteiger partial charge in [-0.1, -0.05) is 0 Å². The Bertz CT molecular complexity index is 715. The molecule has 0 aliphatic rings. The first kappa shape index (κ1) is 15.3. The number of carbonyl (C=O) groups excluding carboxylic acids is 2. The van der Waals surface area contributed by atoms with E-state index in [1.165, 1.54) is 13.2 Å². The maximum absolute atomic E-state index is 11.8. The summed E-state index contributed by atoms with van der Waals surface area (Å²) >= 11 is 0. The second kappa shape index (κ2) is 7.09. The second-order valence-electron chi connectivity index (χ2n) is 4.64. The van der Waals surface area contributed by atoms with Crippen LogP contribution >= 0.6 is 0 Å². The summed E-state index contributed by atoms with van der Waals surface area (Å²) in [4.78, 5) is 23.1. The van der Waals surface area contributed by atoms with E-state index in [9.17, 15) is 9.59 Å². The summed E-state index contributed by atoms with van der Waals surface area (Å²) in [5.41, 5.74) is 1.32. The largest absolute Gasteiger partial charge is 0.467 e. The number of amides is 1. The highest BCUT2D eigenvalue weighted by Gasteiger charge is 2.08. The van der Waals surface area contributed by atoms with Crippen LogP contribution in [-0.2, 0) is 11.3 Å². The zero-order chi connectivity index (χ0) is 15.9. The summed E-state index contributed by atoms with van der Waals surface area (Å²) in [6, 6.07) is 10.2. The van der Waals surface area contributed by atoms with Crippen molar-refractivity contribution in [2.45, 2.75) is 13.5 Å². The Kier molecular flexibility index (Phi) is 4.94. The van der Waals surface area contributed by atoms with E-state index in [1.54, 1.807) is 30.3 Å². The molecular weight excluding hydrogens is 282 g/mol. The van der Waals surface area contributed by atoms with Crippen molar-refractivity contribution in [3.63, 3.8) is 0 Å². The normalized spacial score (nSPS) is 9.82. The summed E-state index contributed by atoms with van der Waals surface area (Å²) < 4.78 is 5.11. The number of benzene rings is 1. The SMILES string of the molecule is CC(=O)c1ccc(C#N)c(NCC(=O)NCc2ccco2)c1. The third-order valence-electron chi connectivity index (χ3n) is 3.03. The molecule has 1 heterocycles. The minimum absolute atomic E-state index is 0.00323. The van der Waals surface area contributed by atoms with Crippen LogP contribution in [0.2, 0.25) is 0 Å². The van der Waals surface area contributed by atoms with Gasteiger partial charge in [-0.25, -0.2) is 0 Å². The quantitative estimate of drug-likeness (QED) is 0.796. The van der Waals surface area contributed by atoms with Crippen LogP contribution in [0.5, 0.6) is 0 Å². The van der Waals surface area contributed by atoms with Crippen LogP contribution < -0.4 is 10.6 Å². The number of nitrogens with one attached hydrogen (secondary N) is 2. The van der Waals surface area contributed by atoms with E-state index in [0.29, 0.717) is 29.1 Å². The minimum atomic E-state index is -0.242. The van der Waals surface area contributed by atoms with Crippen molar-refractivity contribution in [3.05, 3.63) is 53.5 Å². The van der Waals surface area contributed by atoms with Gasteiger partial charge in [0.05, 0.1) is 30.6 Å². The number of hydrogen-bond acceptors (Lipinski definition) is 5. The molecule has 1 aromatic carbocycles. The van der Waals surface area contributed by atoms with Crippen molar-refractivity contribution >= 4 is 17.4 Å². The molecule has 2 rings (SSSR count). The van der Waals surface area contributed by atoms with Gasteiger partial charge >= 0.3 is 0 Å². The van der Waals surface area contributed by atoms with Crippen molar-refractivity contribution in [3.8, 4) is 6.07 Å². The van der Waals surface area contributed by atoms with Gasteiger partial charge in [0, 0.05) is 5.56 Å². The molecule has 0 unspecified atom stereocenters. The Morgan fingerprint density at radius 3 is 2.77 bits per heavy atom. The molecule has 0 saturated carbocycles.